The van der Waals surface area contributed by atoms with E-state index >= 15 is 0 Å². The van der Waals surface area contributed by atoms with Crippen molar-refractivity contribution in [2.45, 2.75) is 11.8 Å². The molecular formula is C11H16ClFN2O2S. The molecular weight excluding hydrogens is 279 g/mol. The van der Waals surface area contributed by atoms with Crippen LogP contribution in [0.15, 0.2) is 23.1 Å². The number of sulfonamides is 1. The van der Waals surface area contributed by atoms with E-state index in [2.05, 4.69) is 5.32 Å². The maximum Gasteiger partial charge on any atom is 0.246 e. The lowest BCUT2D eigenvalue weighted by Gasteiger charge is -2.26. The first-order valence-corrected chi connectivity index (χ1v) is 6.93. The highest BCUT2D eigenvalue weighted by atomic mass is 35.5. The summed E-state index contributed by atoms with van der Waals surface area (Å²) in [7, 11) is -3.70. The topological polar surface area (TPSA) is 49.4 Å². The number of piperazine rings is 1. The summed E-state index contributed by atoms with van der Waals surface area (Å²) in [5.74, 6) is -0.647. The van der Waals surface area contributed by atoms with E-state index in [-0.39, 0.29) is 17.3 Å². The molecule has 7 heteroatoms. The van der Waals surface area contributed by atoms with Crippen LogP contribution in [0.1, 0.15) is 5.56 Å². The standard InChI is InChI=1S/C11H15FN2O2S.ClH/c1-9-3-2-4-10(11(9)12)17(15,16)14-7-5-13-6-8-14;/h2-4,13H,5-8H2,1H3;1H. The molecule has 0 radical (unpaired) electrons. The van der Waals surface area contributed by atoms with Crippen molar-refractivity contribution in [2.75, 3.05) is 26.2 Å². The normalized spacial score (nSPS) is 17.2. The highest BCUT2D eigenvalue weighted by Crippen LogP contribution is 2.21. The maximum absolute atomic E-state index is 13.8. The molecule has 0 unspecified atom stereocenters. The summed E-state index contributed by atoms with van der Waals surface area (Å²) in [6.45, 7) is 3.54. The van der Waals surface area contributed by atoms with Crippen LogP contribution in [0.2, 0.25) is 0 Å². The van der Waals surface area contributed by atoms with Gasteiger partial charge in [-0.2, -0.15) is 4.31 Å². The molecule has 18 heavy (non-hydrogen) atoms. The predicted molar refractivity (Wildman–Crippen MR) is 70.0 cm³/mol. The molecule has 0 aliphatic carbocycles. The Labute approximate surface area is 113 Å². The van der Waals surface area contributed by atoms with Crippen molar-refractivity contribution < 1.29 is 12.8 Å². The Morgan fingerprint density at radius 3 is 2.50 bits per heavy atom. The zero-order valence-corrected chi connectivity index (χ0v) is 11.7. The minimum atomic E-state index is -3.70. The van der Waals surface area contributed by atoms with Crippen molar-refractivity contribution in [1.82, 2.24) is 9.62 Å². The molecule has 4 nitrogen and oxygen atoms in total. The van der Waals surface area contributed by atoms with Gasteiger partial charge in [0.2, 0.25) is 10.0 Å². The zero-order valence-electron chi connectivity index (χ0n) is 10.0. The fraction of sp³-hybridized carbons (Fsp3) is 0.455. The third kappa shape index (κ3) is 2.83. The molecule has 0 aromatic heterocycles. The molecule has 1 aromatic carbocycles. The van der Waals surface area contributed by atoms with Crippen LogP contribution in [-0.2, 0) is 10.0 Å². The molecule has 102 valence electrons. The molecule has 1 N–H and O–H groups in total. The third-order valence-electron chi connectivity index (χ3n) is 2.85. The van der Waals surface area contributed by atoms with E-state index in [0.717, 1.165) is 0 Å². The van der Waals surface area contributed by atoms with Gasteiger partial charge in [0.05, 0.1) is 0 Å². The first-order valence-electron chi connectivity index (χ1n) is 5.49. The average Bonchev–Trinajstić information content (AvgIpc) is 2.33. The van der Waals surface area contributed by atoms with Crippen LogP contribution in [0.5, 0.6) is 0 Å². The van der Waals surface area contributed by atoms with Gasteiger partial charge in [0, 0.05) is 26.2 Å². The minimum absolute atomic E-state index is 0. The Kier molecular flexibility index (Phi) is 5.10. The third-order valence-corrected chi connectivity index (χ3v) is 4.77. The van der Waals surface area contributed by atoms with E-state index in [9.17, 15) is 12.8 Å². The second-order valence-corrected chi connectivity index (χ2v) is 5.95. The Morgan fingerprint density at radius 1 is 1.28 bits per heavy atom. The summed E-state index contributed by atoms with van der Waals surface area (Å²) in [5.41, 5.74) is 0.348. The highest BCUT2D eigenvalue weighted by molar-refractivity contribution is 7.89. The summed E-state index contributed by atoms with van der Waals surface area (Å²) in [6.07, 6.45) is 0. The van der Waals surface area contributed by atoms with Crippen molar-refractivity contribution in [3.8, 4) is 0 Å². The van der Waals surface area contributed by atoms with Crippen LogP contribution in [0.25, 0.3) is 0 Å². The molecule has 0 atom stereocenters. The summed E-state index contributed by atoms with van der Waals surface area (Å²) in [6, 6.07) is 4.44. The van der Waals surface area contributed by atoms with Gasteiger partial charge < -0.3 is 5.32 Å². The molecule has 0 bridgehead atoms. The largest absolute Gasteiger partial charge is 0.314 e. The van der Waals surface area contributed by atoms with Crippen molar-refractivity contribution in [1.29, 1.82) is 0 Å². The summed E-state index contributed by atoms with van der Waals surface area (Å²) >= 11 is 0. The molecule has 1 aliphatic heterocycles. The fourth-order valence-electron chi connectivity index (χ4n) is 1.84. The number of hydrogen-bond acceptors (Lipinski definition) is 3. The Balaban J connectivity index is 0.00000162. The van der Waals surface area contributed by atoms with Gasteiger partial charge in [-0.05, 0) is 18.6 Å². The van der Waals surface area contributed by atoms with Crippen LogP contribution in [-0.4, -0.2) is 38.9 Å². The van der Waals surface area contributed by atoms with Gasteiger partial charge in [-0.25, -0.2) is 12.8 Å². The van der Waals surface area contributed by atoms with E-state index in [4.69, 9.17) is 0 Å². The van der Waals surface area contributed by atoms with Gasteiger partial charge in [-0.3, -0.25) is 0 Å². The Hall–Kier alpha value is -0.690. The first kappa shape index (κ1) is 15.4. The lowest BCUT2D eigenvalue weighted by molar-refractivity contribution is 0.358. The smallest absolute Gasteiger partial charge is 0.246 e. The monoisotopic (exact) mass is 294 g/mol. The molecule has 0 spiro atoms. The zero-order chi connectivity index (χ0) is 12.5. The maximum atomic E-state index is 13.8. The summed E-state index contributed by atoms with van der Waals surface area (Å²) < 4.78 is 39.6. The molecule has 0 amide bonds. The summed E-state index contributed by atoms with van der Waals surface area (Å²) in [4.78, 5) is -0.223. The van der Waals surface area contributed by atoms with Crippen molar-refractivity contribution >= 4 is 22.4 Å². The van der Waals surface area contributed by atoms with E-state index in [0.29, 0.717) is 31.7 Å². The van der Waals surface area contributed by atoms with Crippen molar-refractivity contribution in [3.05, 3.63) is 29.6 Å². The van der Waals surface area contributed by atoms with Crippen LogP contribution in [0, 0.1) is 12.7 Å². The lowest BCUT2D eigenvalue weighted by atomic mass is 10.2. The molecule has 1 heterocycles. The minimum Gasteiger partial charge on any atom is -0.314 e. The number of benzene rings is 1. The molecule has 2 rings (SSSR count). The van der Waals surface area contributed by atoms with E-state index < -0.39 is 15.8 Å². The number of nitrogens with zero attached hydrogens (tertiary/aromatic N) is 1. The van der Waals surface area contributed by atoms with Gasteiger partial charge in [0.25, 0.3) is 0 Å². The first-order chi connectivity index (χ1) is 8.03. The number of halogens is 2. The van der Waals surface area contributed by atoms with Crippen LogP contribution < -0.4 is 5.32 Å². The van der Waals surface area contributed by atoms with E-state index in [1.165, 1.54) is 10.4 Å². The van der Waals surface area contributed by atoms with Crippen LogP contribution in [0.4, 0.5) is 4.39 Å². The SMILES string of the molecule is Cc1cccc(S(=O)(=O)N2CCNCC2)c1F.Cl. The van der Waals surface area contributed by atoms with E-state index in [1.54, 1.807) is 19.1 Å². The number of aryl methyl sites for hydroxylation is 1. The Bertz CT molecular complexity index is 516. The van der Waals surface area contributed by atoms with Gasteiger partial charge in [0.1, 0.15) is 10.7 Å². The predicted octanol–water partition coefficient (Wildman–Crippen LogP) is 1.15. The molecule has 1 aromatic rings. The number of hydrogen-bond donors (Lipinski definition) is 1. The van der Waals surface area contributed by atoms with Gasteiger partial charge in [-0.1, -0.05) is 12.1 Å². The average molecular weight is 295 g/mol. The molecule has 1 saturated heterocycles. The number of nitrogens with one attached hydrogen (secondary N) is 1. The van der Waals surface area contributed by atoms with Gasteiger partial charge in [-0.15, -0.1) is 12.4 Å². The molecule has 1 fully saturated rings. The van der Waals surface area contributed by atoms with E-state index in [1.807, 2.05) is 0 Å². The van der Waals surface area contributed by atoms with Crippen molar-refractivity contribution in [3.63, 3.8) is 0 Å². The van der Waals surface area contributed by atoms with Gasteiger partial charge in [0.15, 0.2) is 0 Å². The van der Waals surface area contributed by atoms with Crippen molar-refractivity contribution in [2.24, 2.45) is 0 Å². The van der Waals surface area contributed by atoms with Crippen LogP contribution >= 0.6 is 12.4 Å². The molecule has 0 saturated carbocycles. The fourth-order valence-corrected chi connectivity index (χ4v) is 3.42. The number of rotatable bonds is 2. The quantitative estimate of drug-likeness (QED) is 0.890. The molecule has 1 aliphatic rings. The van der Waals surface area contributed by atoms with Gasteiger partial charge >= 0.3 is 0 Å². The Morgan fingerprint density at radius 2 is 1.89 bits per heavy atom. The lowest BCUT2D eigenvalue weighted by Crippen LogP contribution is -2.46. The highest BCUT2D eigenvalue weighted by Gasteiger charge is 2.28. The summed E-state index contributed by atoms with van der Waals surface area (Å²) in [5, 5.41) is 3.06. The van der Waals surface area contributed by atoms with Crippen LogP contribution in [0.3, 0.4) is 0 Å². The second-order valence-electron chi connectivity index (χ2n) is 4.04. The second kappa shape index (κ2) is 5.97.